The van der Waals surface area contributed by atoms with Crippen molar-refractivity contribution in [1.82, 2.24) is 15.5 Å². The molecule has 6 heteroatoms. The van der Waals surface area contributed by atoms with Crippen molar-refractivity contribution in [2.75, 3.05) is 32.7 Å². The van der Waals surface area contributed by atoms with Gasteiger partial charge in [0.1, 0.15) is 0 Å². The van der Waals surface area contributed by atoms with E-state index in [0.29, 0.717) is 24.3 Å². The highest BCUT2D eigenvalue weighted by atomic mass is 35.5. The van der Waals surface area contributed by atoms with E-state index >= 15 is 0 Å². The van der Waals surface area contributed by atoms with Crippen molar-refractivity contribution in [3.63, 3.8) is 0 Å². The van der Waals surface area contributed by atoms with E-state index in [2.05, 4.69) is 66.6 Å². The van der Waals surface area contributed by atoms with Gasteiger partial charge in [-0.3, -0.25) is 9.69 Å². The molecule has 2 N–H and O–H groups in total. The van der Waals surface area contributed by atoms with Gasteiger partial charge >= 0.3 is 0 Å². The van der Waals surface area contributed by atoms with Crippen molar-refractivity contribution in [1.29, 1.82) is 0 Å². The number of nitrogens with zero attached hydrogens (tertiary/aromatic N) is 1. The van der Waals surface area contributed by atoms with Crippen LogP contribution in [0.4, 0.5) is 0 Å². The van der Waals surface area contributed by atoms with Gasteiger partial charge in [-0.25, -0.2) is 0 Å². The van der Waals surface area contributed by atoms with E-state index in [0.717, 1.165) is 39.1 Å². The minimum Gasteiger partial charge on any atom is -0.355 e. The Kier molecular flexibility index (Phi) is 14.6. The Hall–Kier alpha value is -0.810. The number of halogens is 2. The maximum absolute atomic E-state index is 12.5. The van der Waals surface area contributed by atoms with E-state index in [-0.39, 0.29) is 30.7 Å². The van der Waals surface area contributed by atoms with Gasteiger partial charge < -0.3 is 10.6 Å². The standard InChI is InChI=1S/C22H37N3O.2ClH/c1-4-25(5-2)21(15-19-10-7-6-8-11-19)17-24-22(26)14-18(3)20-12-9-13-23-16-20;;/h6-8,10-11,18,20-21,23H,4-5,9,12-17H2,1-3H3,(H,24,26);2*1H. The third kappa shape index (κ3) is 9.13. The topological polar surface area (TPSA) is 44.4 Å². The van der Waals surface area contributed by atoms with Gasteiger partial charge in [-0.1, -0.05) is 51.1 Å². The lowest BCUT2D eigenvalue weighted by atomic mass is 9.85. The molecule has 1 heterocycles. The molecule has 0 spiro atoms. The molecular weight excluding hydrogens is 393 g/mol. The van der Waals surface area contributed by atoms with Gasteiger partial charge in [-0.15, -0.1) is 24.8 Å². The number of hydrogen-bond acceptors (Lipinski definition) is 3. The van der Waals surface area contributed by atoms with E-state index in [4.69, 9.17) is 0 Å². The number of piperidine rings is 1. The van der Waals surface area contributed by atoms with Crippen LogP contribution < -0.4 is 10.6 Å². The Morgan fingerprint density at radius 1 is 1.21 bits per heavy atom. The number of rotatable bonds is 10. The number of carbonyl (C=O) groups excluding carboxylic acids is 1. The summed E-state index contributed by atoms with van der Waals surface area (Å²) in [5.41, 5.74) is 1.33. The van der Waals surface area contributed by atoms with Gasteiger partial charge in [-0.2, -0.15) is 0 Å². The Labute approximate surface area is 184 Å². The minimum absolute atomic E-state index is 0. The molecule has 0 aromatic heterocycles. The highest BCUT2D eigenvalue weighted by Crippen LogP contribution is 2.22. The van der Waals surface area contributed by atoms with Crippen molar-refractivity contribution in [2.45, 2.75) is 52.5 Å². The van der Waals surface area contributed by atoms with Crippen molar-refractivity contribution < 1.29 is 4.79 Å². The highest BCUT2D eigenvalue weighted by Gasteiger charge is 2.23. The van der Waals surface area contributed by atoms with Gasteiger partial charge in [-0.05, 0) is 62.8 Å². The van der Waals surface area contributed by atoms with E-state index in [1.165, 1.54) is 18.4 Å². The zero-order valence-electron chi connectivity index (χ0n) is 17.7. The molecule has 2 rings (SSSR count). The fraction of sp³-hybridized carbons (Fsp3) is 0.682. The molecule has 0 bridgehead atoms. The molecule has 3 unspecified atom stereocenters. The number of benzene rings is 1. The van der Waals surface area contributed by atoms with Crippen LogP contribution in [0.25, 0.3) is 0 Å². The van der Waals surface area contributed by atoms with Crippen LogP contribution in [0.1, 0.15) is 45.6 Å². The first kappa shape index (κ1) is 27.2. The normalized spacial score (nSPS) is 18.5. The molecule has 0 radical (unpaired) electrons. The van der Waals surface area contributed by atoms with Crippen molar-refractivity contribution in [2.24, 2.45) is 11.8 Å². The molecule has 0 aliphatic carbocycles. The maximum Gasteiger partial charge on any atom is 0.220 e. The van der Waals surface area contributed by atoms with Crippen LogP contribution in [-0.2, 0) is 11.2 Å². The molecule has 0 saturated carbocycles. The predicted molar refractivity (Wildman–Crippen MR) is 124 cm³/mol. The minimum atomic E-state index is 0. The first-order valence-corrected chi connectivity index (χ1v) is 10.4. The summed E-state index contributed by atoms with van der Waals surface area (Å²) in [5, 5.41) is 6.68. The second-order valence-electron chi connectivity index (χ2n) is 7.66. The smallest absolute Gasteiger partial charge is 0.220 e. The van der Waals surface area contributed by atoms with Crippen molar-refractivity contribution in [3.05, 3.63) is 35.9 Å². The van der Waals surface area contributed by atoms with Gasteiger partial charge in [0.25, 0.3) is 0 Å². The molecule has 162 valence electrons. The first-order valence-electron chi connectivity index (χ1n) is 10.4. The lowest BCUT2D eigenvalue weighted by Crippen LogP contribution is -2.45. The molecule has 1 aromatic rings. The number of amides is 1. The van der Waals surface area contributed by atoms with E-state index in [1.54, 1.807) is 0 Å². The number of likely N-dealkylation sites (N-methyl/N-ethyl adjacent to an activating group) is 1. The van der Waals surface area contributed by atoms with E-state index < -0.39 is 0 Å². The molecular formula is C22H39Cl2N3O. The van der Waals surface area contributed by atoms with E-state index in [1.807, 2.05) is 0 Å². The second kappa shape index (κ2) is 15.1. The average Bonchev–Trinajstić information content (AvgIpc) is 2.68. The summed E-state index contributed by atoms with van der Waals surface area (Å²) >= 11 is 0. The quantitative estimate of drug-likeness (QED) is 0.589. The van der Waals surface area contributed by atoms with E-state index in [9.17, 15) is 4.79 Å². The van der Waals surface area contributed by atoms with Gasteiger partial charge in [0.05, 0.1) is 0 Å². The predicted octanol–water partition coefficient (Wildman–Crippen LogP) is 3.93. The van der Waals surface area contributed by atoms with Crippen molar-refractivity contribution >= 4 is 30.7 Å². The summed E-state index contributed by atoms with van der Waals surface area (Å²) in [5.74, 6) is 1.29. The summed E-state index contributed by atoms with van der Waals surface area (Å²) < 4.78 is 0. The van der Waals surface area contributed by atoms with Gasteiger partial charge in [0.2, 0.25) is 5.91 Å². The number of carbonyl (C=O) groups is 1. The third-order valence-corrected chi connectivity index (χ3v) is 5.82. The summed E-state index contributed by atoms with van der Waals surface area (Å²) in [6, 6.07) is 10.9. The number of hydrogen-bond donors (Lipinski definition) is 2. The molecule has 3 atom stereocenters. The van der Waals surface area contributed by atoms with Crippen LogP contribution in [0.15, 0.2) is 30.3 Å². The Balaban J connectivity index is 0.00000364. The lowest BCUT2D eigenvalue weighted by molar-refractivity contribution is -0.122. The maximum atomic E-state index is 12.5. The van der Waals surface area contributed by atoms with Crippen molar-refractivity contribution in [3.8, 4) is 0 Å². The molecule has 1 saturated heterocycles. The van der Waals surface area contributed by atoms with Crippen LogP contribution in [0.2, 0.25) is 0 Å². The molecule has 1 amide bonds. The Morgan fingerprint density at radius 2 is 1.89 bits per heavy atom. The fourth-order valence-electron chi connectivity index (χ4n) is 4.08. The van der Waals surface area contributed by atoms with Gasteiger partial charge in [0, 0.05) is 19.0 Å². The van der Waals surface area contributed by atoms with Gasteiger partial charge in [0.15, 0.2) is 0 Å². The molecule has 1 aromatic carbocycles. The molecule has 28 heavy (non-hydrogen) atoms. The zero-order valence-corrected chi connectivity index (χ0v) is 19.3. The van der Waals surface area contributed by atoms with Crippen LogP contribution >= 0.6 is 24.8 Å². The Morgan fingerprint density at radius 3 is 2.46 bits per heavy atom. The second-order valence-corrected chi connectivity index (χ2v) is 7.66. The summed E-state index contributed by atoms with van der Waals surface area (Å²) in [7, 11) is 0. The zero-order chi connectivity index (χ0) is 18.8. The largest absolute Gasteiger partial charge is 0.355 e. The van der Waals surface area contributed by atoms with Crippen LogP contribution in [0.3, 0.4) is 0 Å². The highest BCUT2D eigenvalue weighted by molar-refractivity contribution is 5.85. The first-order chi connectivity index (χ1) is 12.6. The van der Waals surface area contributed by atoms with Crippen LogP contribution in [-0.4, -0.2) is 49.6 Å². The van der Waals surface area contributed by atoms with Crippen LogP contribution in [0, 0.1) is 11.8 Å². The Bertz CT molecular complexity index is 520. The molecule has 4 nitrogen and oxygen atoms in total. The van der Waals surface area contributed by atoms with Crippen LogP contribution in [0.5, 0.6) is 0 Å². The molecule has 1 aliphatic heterocycles. The average molecular weight is 432 g/mol. The third-order valence-electron chi connectivity index (χ3n) is 5.82. The summed E-state index contributed by atoms with van der Waals surface area (Å²) in [6.07, 6.45) is 4.10. The summed E-state index contributed by atoms with van der Waals surface area (Å²) in [6.45, 7) is 11.5. The number of nitrogens with one attached hydrogen (secondary N) is 2. The molecule has 1 fully saturated rings. The fourth-order valence-corrected chi connectivity index (χ4v) is 4.08. The summed E-state index contributed by atoms with van der Waals surface area (Å²) in [4.78, 5) is 14.9. The molecule has 1 aliphatic rings. The lowest BCUT2D eigenvalue weighted by Gasteiger charge is -2.31. The SMILES string of the molecule is CCN(CC)C(CNC(=O)CC(C)C1CCCNC1)Cc1ccccc1.Cl.Cl. The monoisotopic (exact) mass is 431 g/mol.